The molecular weight excluding hydrogens is 433 g/mol. The Bertz CT molecular complexity index is 1170. The Labute approximate surface area is 189 Å². The second-order valence-corrected chi connectivity index (χ2v) is 8.39. The summed E-state index contributed by atoms with van der Waals surface area (Å²) in [7, 11) is 0. The second kappa shape index (κ2) is 9.63. The van der Waals surface area contributed by atoms with Crippen molar-refractivity contribution in [2.45, 2.75) is 31.7 Å². The number of rotatable bonds is 6. The molecule has 1 aliphatic carbocycles. The monoisotopic (exact) mass is 455 g/mol. The maximum absolute atomic E-state index is 13.8. The van der Waals surface area contributed by atoms with Gasteiger partial charge in [-0.1, -0.05) is 42.6 Å². The predicted molar refractivity (Wildman–Crippen MR) is 121 cm³/mol. The highest BCUT2D eigenvalue weighted by molar-refractivity contribution is 6.30. The van der Waals surface area contributed by atoms with Crippen LogP contribution >= 0.6 is 11.6 Å². The molecule has 1 amide bonds. The number of nitrogens with zero attached hydrogens (tertiary/aromatic N) is 2. The van der Waals surface area contributed by atoms with Crippen molar-refractivity contribution in [3.05, 3.63) is 81.4 Å². The van der Waals surface area contributed by atoms with Gasteiger partial charge in [0.2, 0.25) is 0 Å². The maximum Gasteiger partial charge on any atom is 0.284 e. The molecule has 3 aromatic rings. The highest BCUT2D eigenvalue weighted by Gasteiger charge is 2.27. The Morgan fingerprint density at radius 1 is 1.19 bits per heavy atom. The quantitative estimate of drug-likeness (QED) is 0.589. The molecule has 8 heteroatoms. The number of halogens is 2. The summed E-state index contributed by atoms with van der Waals surface area (Å²) in [6, 6.07) is 13.2. The van der Waals surface area contributed by atoms with Crippen LogP contribution < -0.4 is 10.9 Å². The molecule has 0 bridgehead atoms. The molecule has 166 valence electrons. The summed E-state index contributed by atoms with van der Waals surface area (Å²) in [5, 5.41) is 17.5. The van der Waals surface area contributed by atoms with Gasteiger partial charge in [0.05, 0.1) is 24.0 Å². The predicted octanol–water partition coefficient (Wildman–Crippen LogP) is 3.97. The minimum absolute atomic E-state index is 0.134. The molecule has 1 fully saturated rings. The topological polar surface area (TPSA) is 84.2 Å². The standard InChI is InChI=1S/C24H23ClFN3O3/c25-17-10-8-16(9-11-17)21-13-20(23(31)27-22(14-30)15-4-1-2-5-15)24(32)29(28-21)19-7-3-6-18(26)12-19/h3,6-13,15,22,30H,1-2,4-5,14H2,(H,27,31)/t22-/m1/s1. The van der Waals surface area contributed by atoms with Crippen molar-refractivity contribution in [1.29, 1.82) is 0 Å². The molecule has 32 heavy (non-hydrogen) atoms. The number of aromatic nitrogens is 2. The van der Waals surface area contributed by atoms with Gasteiger partial charge in [-0.05, 0) is 55.2 Å². The number of benzene rings is 2. The first-order valence-electron chi connectivity index (χ1n) is 10.5. The number of aliphatic hydroxyl groups is 1. The van der Waals surface area contributed by atoms with E-state index in [1.807, 2.05) is 0 Å². The smallest absolute Gasteiger partial charge is 0.284 e. The molecule has 1 atom stereocenters. The number of hydrogen-bond donors (Lipinski definition) is 2. The number of aliphatic hydroxyl groups excluding tert-OH is 1. The lowest BCUT2D eigenvalue weighted by Crippen LogP contribution is -2.44. The first-order chi connectivity index (χ1) is 15.5. The van der Waals surface area contributed by atoms with Gasteiger partial charge >= 0.3 is 0 Å². The molecular formula is C24H23ClFN3O3. The SMILES string of the molecule is O=C(N[C@H](CO)C1CCCC1)c1cc(-c2ccc(Cl)cc2)nn(-c2cccc(F)c2)c1=O. The zero-order chi connectivity index (χ0) is 22.7. The van der Waals surface area contributed by atoms with Crippen LogP contribution in [0.25, 0.3) is 16.9 Å². The Kier molecular flexibility index (Phi) is 6.67. The first-order valence-corrected chi connectivity index (χ1v) is 10.9. The Balaban J connectivity index is 1.78. The highest BCUT2D eigenvalue weighted by Crippen LogP contribution is 2.28. The fraction of sp³-hybridized carbons (Fsp3) is 0.292. The van der Waals surface area contributed by atoms with Gasteiger partial charge in [-0.25, -0.2) is 4.39 Å². The molecule has 0 radical (unpaired) electrons. The van der Waals surface area contributed by atoms with Crippen molar-refractivity contribution in [1.82, 2.24) is 15.1 Å². The van der Waals surface area contributed by atoms with Gasteiger partial charge in [0, 0.05) is 10.6 Å². The number of amides is 1. The van der Waals surface area contributed by atoms with Gasteiger partial charge in [0.25, 0.3) is 11.5 Å². The van der Waals surface area contributed by atoms with Crippen LogP contribution in [0.4, 0.5) is 4.39 Å². The molecule has 1 aliphatic rings. The lowest BCUT2D eigenvalue weighted by Gasteiger charge is -2.22. The average Bonchev–Trinajstić information content (AvgIpc) is 3.33. The summed E-state index contributed by atoms with van der Waals surface area (Å²) in [6.45, 7) is -0.205. The van der Waals surface area contributed by atoms with E-state index in [9.17, 15) is 19.1 Å². The van der Waals surface area contributed by atoms with Gasteiger partial charge < -0.3 is 10.4 Å². The summed E-state index contributed by atoms with van der Waals surface area (Å²) >= 11 is 5.98. The van der Waals surface area contributed by atoms with E-state index in [4.69, 9.17) is 11.6 Å². The van der Waals surface area contributed by atoms with E-state index in [1.54, 1.807) is 30.3 Å². The Morgan fingerprint density at radius 2 is 1.91 bits per heavy atom. The number of hydrogen-bond acceptors (Lipinski definition) is 4. The lowest BCUT2D eigenvalue weighted by molar-refractivity contribution is 0.0887. The second-order valence-electron chi connectivity index (χ2n) is 7.95. The summed E-state index contributed by atoms with van der Waals surface area (Å²) in [5.41, 5.74) is 0.397. The first kappa shape index (κ1) is 22.2. The lowest BCUT2D eigenvalue weighted by atomic mass is 9.98. The minimum Gasteiger partial charge on any atom is -0.394 e. The van der Waals surface area contributed by atoms with E-state index in [1.165, 1.54) is 24.3 Å². The molecule has 6 nitrogen and oxygen atoms in total. The van der Waals surface area contributed by atoms with E-state index < -0.39 is 23.3 Å². The number of nitrogens with one attached hydrogen (secondary N) is 1. The summed E-state index contributed by atoms with van der Waals surface area (Å²) < 4.78 is 14.9. The molecule has 1 saturated carbocycles. The molecule has 1 heterocycles. The minimum atomic E-state index is -0.672. The third-order valence-corrected chi connectivity index (χ3v) is 6.08. The van der Waals surface area contributed by atoms with Crippen molar-refractivity contribution in [2.75, 3.05) is 6.61 Å². The van der Waals surface area contributed by atoms with Crippen molar-refractivity contribution < 1.29 is 14.3 Å². The molecule has 0 aliphatic heterocycles. The van der Waals surface area contributed by atoms with Crippen LogP contribution in [0.15, 0.2) is 59.4 Å². The van der Waals surface area contributed by atoms with E-state index in [-0.39, 0.29) is 23.8 Å². The van der Waals surface area contributed by atoms with E-state index in [2.05, 4.69) is 10.4 Å². The number of carbonyl (C=O) groups excluding carboxylic acids is 1. The van der Waals surface area contributed by atoms with Crippen LogP contribution in [-0.2, 0) is 0 Å². The largest absolute Gasteiger partial charge is 0.394 e. The fourth-order valence-corrected chi connectivity index (χ4v) is 4.25. The molecule has 4 rings (SSSR count). The summed E-state index contributed by atoms with van der Waals surface area (Å²) in [6.07, 6.45) is 3.95. The third kappa shape index (κ3) is 4.74. The van der Waals surface area contributed by atoms with Crippen LogP contribution in [0, 0.1) is 11.7 Å². The van der Waals surface area contributed by atoms with Gasteiger partial charge in [0.1, 0.15) is 11.4 Å². The molecule has 0 spiro atoms. The number of carbonyl (C=O) groups is 1. The van der Waals surface area contributed by atoms with E-state index in [0.29, 0.717) is 16.3 Å². The molecule has 2 N–H and O–H groups in total. The van der Waals surface area contributed by atoms with E-state index >= 15 is 0 Å². The van der Waals surface area contributed by atoms with Crippen LogP contribution in [0.2, 0.25) is 5.02 Å². The van der Waals surface area contributed by atoms with Crippen molar-refractivity contribution in [3.63, 3.8) is 0 Å². The normalized spacial score (nSPS) is 15.0. The van der Waals surface area contributed by atoms with Gasteiger partial charge in [-0.3, -0.25) is 9.59 Å². The Hall–Kier alpha value is -3.03. The van der Waals surface area contributed by atoms with Crippen LogP contribution in [0.3, 0.4) is 0 Å². The van der Waals surface area contributed by atoms with Crippen LogP contribution in [0.1, 0.15) is 36.0 Å². The summed E-state index contributed by atoms with van der Waals surface area (Å²) in [4.78, 5) is 26.3. The molecule has 2 aromatic carbocycles. The molecule has 1 aromatic heterocycles. The van der Waals surface area contributed by atoms with Gasteiger partial charge in [-0.2, -0.15) is 9.78 Å². The fourth-order valence-electron chi connectivity index (χ4n) is 4.12. The van der Waals surface area contributed by atoms with Crippen molar-refractivity contribution in [2.24, 2.45) is 5.92 Å². The van der Waals surface area contributed by atoms with Crippen molar-refractivity contribution in [3.8, 4) is 16.9 Å². The van der Waals surface area contributed by atoms with Gasteiger partial charge in [0.15, 0.2) is 0 Å². The average molecular weight is 456 g/mol. The summed E-state index contributed by atoms with van der Waals surface area (Å²) in [5.74, 6) is -0.948. The molecule has 0 unspecified atom stereocenters. The van der Waals surface area contributed by atoms with Crippen molar-refractivity contribution >= 4 is 17.5 Å². The van der Waals surface area contributed by atoms with Crippen LogP contribution in [-0.4, -0.2) is 33.4 Å². The zero-order valence-corrected chi connectivity index (χ0v) is 18.1. The van der Waals surface area contributed by atoms with Crippen LogP contribution in [0.5, 0.6) is 0 Å². The molecule has 0 saturated heterocycles. The maximum atomic E-state index is 13.8. The Morgan fingerprint density at radius 3 is 2.56 bits per heavy atom. The van der Waals surface area contributed by atoms with Gasteiger partial charge in [-0.15, -0.1) is 0 Å². The zero-order valence-electron chi connectivity index (χ0n) is 17.3. The third-order valence-electron chi connectivity index (χ3n) is 5.83. The van der Waals surface area contributed by atoms with E-state index in [0.717, 1.165) is 30.4 Å². The highest BCUT2D eigenvalue weighted by atomic mass is 35.5.